The number of hydrogen-bond acceptors (Lipinski definition) is 4. The third kappa shape index (κ3) is 2.93. The number of thiophene rings is 1. The molecule has 0 aliphatic heterocycles. The summed E-state index contributed by atoms with van der Waals surface area (Å²) in [5, 5.41) is 10.6. The fourth-order valence-corrected chi connectivity index (χ4v) is 4.42. The van der Waals surface area contributed by atoms with Gasteiger partial charge < -0.3 is 5.11 Å². The van der Waals surface area contributed by atoms with Crippen LogP contribution in [0.1, 0.15) is 18.4 Å². The molecule has 1 aromatic heterocycles. The lowest BCUT2D eigenvalue weighted by molar-refractivity contribution is 0.282. The van der Waals surface area contributed by atoms with Crippen LogP contribution < -0.4 is 0 Å². The van der Waals surface area contributed by atoms with Gasteiger partial charge in [-0.2, -0.15) is 4.31 Å². The lowest BCUT2D eigenvalue weighted by Gasteiger charge is -2.18. The summed E-state index contributed by atoms with van der Waals surface area (Å²) in [4.78, 5) is 0. The highest BCUT2D eigenvalue weighted by Gasteiger charge is 2.32. The Morgan fingerprint density at radius 2 is 2.28 bits per heavy atom. The molecule has 1 saturated carbocycles. The van der Waals surface area contributed by atoms with Gasteiger partial charge in [0.25, 0.3) is 10.0 Å². The first-order valence-electron chi connectivity index (χ1n) is 5.70. The predicted molar refractivity (Wildman–Crippen MR) is 70.6 cm³/mol. The second kappa shape index (κ2) is 5.41. The van der Waals surface area contributed by atoms with Crippen molar-refractivity contribution < 1.29 is 13.5 Å². The topological polar surface area (TPSA) is 57.6 Å². The van der Waals surface area contributed by atoms with Gasteiger partial charge in [-0.3, -0.25) is 0 Å². The molecular formula is C12H15NO3S2. The van der Waals surface area contributed by atoms with Crippen LogP contribution in [0.2, 0.25) is 0 Å². The molecule has 1 aliphatic carbocycles. The highest BCUT2D eigenvalue weighted by Crippen LogP contribution is 2.32. The van der Waals surface area contributed by atoms with Gasteiger partial charge in [-0.25, -0.2) is 8.42 Å². The summed E-state index contributed by atoms with van der Waals surface area (Å²) in [6.45, 7) is 0.452. The molecule has 0 aromatic carbocycles. The van der Waals surface area contributed by atoms with Crippen molar-refractivity contribution in [3.05, 3.63) is 17.0 Å². The number of nitrogens with zero attached hydrogens (tertiary/aromatic N) is 1. The fourth-order valence-electron chi connectivity index (χ4n) is 1.64. The van der Waals surface area contributed by atoms with Crippen molar-refractivity contribution in [3.63, 3.8) is 0 Å². The number of sulfonamides is 1. The van der Waals surface area contributed by atoms with Crippen LogP contribution in [0, 0.1) is 18.3 Å². The number of aliphatic hydroxyl groups is 1. The van der Waals surface area contributed by atoms with Crippen molar-refractivity contribution in [2.24, 2.45) is 5.92 Å². The molecular weight excluding hydrogens is 270 g/mol. The Kier molecular flexibility index (Phi) is 4.07. The Balaban J connectivity index is 2.22. The zero-order valence-electron chi connectivity index (χ0n) is 9.87. The molecule has 0 unspecified atom stereocenters. The summed E-state index contributed by atoms with van der Waals surface area (Å²) in [6, 6.07) is 1.51. The lowest BCUT2D eigenvalue weighted by Crippen LogP contribution is -2.32. The Hall–Kier alpha value is -0.870. The van der Waals surface area contributed by atoms with E-state index in [1.807, 2.05) is 0 Å². The second-order valence-electron chi connectivity index (χ2n) is 4.38. The fraction of sp³-hybridized carbons (Fsp3) is 0.500. The van der Waals surface area contributed by atoms with E-state index in [1.54, 1.807) is 5.38 Å². The quantitative estimate of drug-likeness (QED) is 0.801. The van der Waals surface area contributed by atoms with E-state index >= 15 is 0 Å². The second-order valence-corrected chi connectivity index (χ2v) is 7.45. The highest BCUT2D eigenvalue weighted by molar-refractivity contribution is 7.91. The molecule has 18 heavy (non-hydrogen) atoms. The molecule has 1 aromatic rings. The third-order valence-corrected chi connectivity index (χ3v) is 6.11. The molecule has 0 bridgehead atoms. The van der Waals surface area contributed by atoms with Crippen LogP contribution in [0.3, 0.4) is 0 Å². The summed E-state index contributed by atoms with van der Waals surface area (Å²) in [5.41, 5.74) is 0.616. The normalized spacial score (nSPS) is 15.8. The smallest absolute Gasteiger partial charge is 0.253 e. The van der Waals surface area contributed by atoms with Crippen molar-refractivity contribution in [2.45, 2.75) is 23.7 Å². The van der Waals surface area contributed by atoms with Gasteiger partial charge in [0.2, 0.25) is 0 Å². The van der Waals surface area contributed by atoms with Crippen molar-refractivity contribution >= 4 is 21.4 Å². The van der Waals surface area contributed by atoms with Crippen LogP contribution in [0.5, 0.6) is 0 Å². The number of hydrogen-bond donors (Lipinski definition) is 1. The Morgan fingerprint density at radius 3 is 2.78 bits per heavy atom. The summed E-state index contributed by atoms with van der Waals surface area (Å²) in [7, 11) is -3.51. The first kappa shape index (κ1) is 13.6. The summed E-state index contributed by atoms with van der Waals surface area (Å²) < 4.78 is 26.4. The maximum atomic E-state index is 12.4. The van der Waals surface area contributed by atoms with Crippen molar-refractivity contribution in [2.75, 3.05) is 13.1 Å². The molecule has 1 N–H and O–H groups in total. The van der Waals surface area contributed by atoms with Gasteiger partial charge in [0.15, 0.2) is 0 Å². The van der Waals surface area contributed by atoms with Crippen LogP contribution in [0.4, 0.5) is 0 Å². The van der Waals surface area contributed by atoms with Gasteiger partial charge in [0, 0.05) is 6.54 Å². The van der Waals surface area contributed by atoms with E-state index in [0.717, 1.165) is 24.2 Å². The maximum absolute atomic E-state index is 12.4. The van der Waals surface area contributed by atoms with Gasteiger partial charge in [-0.05, 0) is 35.8 Å². The van der Waals surface area contributed by atoms with Crippen LogP contribution in [0.25, 0.3) is 0 Å². The maximum Gasteiger partial charge on any atom is 0.253 e. The first-order chi connectivity index (χ1) is 8.57. The Morgan fingerprint density at radius 1 is 1.56 bits per heavy atom. The standard InChI is InChI=1S/C12H15NO3S2/c1-2-5-13(7-10-3-4-10)18(15,16)12-6-11(8-14)9-17-12/h1,6,9-10,14H,3-5,7-8H2. The molecule has 1 fully saturated rings. The largest absolute Gasteiger partial charge is 0.392 e. The van der Waals surface area contributed by atoms with E-state index in [2.05, 4.69) is 5.92 Å². The van der Waals surface area contributed by atoms with Gasteiger partial charge in [0.05, 0.1) is 13.2 Å². The zero-order chi connectivity index (χ0) is 13.2. The average molecular weight is 285 g/mol. The van der Waals surface area contributed by atoms with Crippen LogP contribution >= 0.6 is 11.3 Å². The molecule has 0 radical (unpaired) electrons. The molecule has 4 nitrogen and oxygen atoms in total. The Labute approximate surface area is 111 Å². The van der Waals surface area contributed by atoms with E-state index in [-0.39, 0.29) is 17.4 Å². The van der Waals surface area contributed by atoms with Crippen LogP contribution in [-0.4, -0.2) is 30.9 Å². The average Bonchev–Trinajstić information content (AvgIpc) is 3.02. The van der Waals surface area contributed by atoms with E-state index in [0.29, 0.717) is 18.0 Å². The molecule has 1 heterocycles. The minimum Gasteiger partial charge on any atom is -0.392 e. The van der Waals surface area contributed by atoms with Crippen molar-refractivity contribution in [1.29, 1.82) is 0 Å². The number of rotatable bonds is 6. The molecule has 0 atom stereocenters. The molecule has 0 spiro atoms. The molecule has 2 rings (SSSR count). The van der Waals surface area contributed by atoms with E-state index in [9.17, 15) is 8.42 Å². The predicted octanol–water partition coefficient (Wildman–Crippen LogP) is 1.27. The summed E-state index contributed by atoms with van der Waals surface area (Å²) >= 11 is 1.12. The van der Waals surface area contributed by atoms with Crippen LogP contribution in [0.15, 0.2) is 15.7 Å². The number of aliphatic hydroxyl groups excluding tert-OH is 1. The molecule has 98 valence electrons. The zero-order valence-corrected chi connectivity index (χ0v) is 11.5. The molecule has 6 heteroatoms. The Bertz CT molecular complexity index is 552. The van der Waals surface area contributed by atoms with E-state index < -0.39 is 10.0 Å². The highest BCUT2D eigenvalue weighted by atomic mass is 32.2. The summed E-state index contributed by atoms with van der Waals surface area (Å²) in [5.74, 6) is 2.85. The van der Waals surface area contributed by atoms with E-state index in [4.69, 9.17) is 11.5 Å². The lowest BCUT2D eigenvalue weighted by atomic mass is 10.4. The van der Waals surface area contributed by atoms with E-state index in [1.165, 1.54) is 10.4 Å². The van der Waals surface area contributed by atoms with Gasteiger partial charge in [-0.1, -0.05) is 5.92 Å². The molecule has 0 amide bonds. The van der Waals surface area contributed by atoms with Crippen molar-refractivity contribution in [1.82, 2.24) is 4.31 Å². The molecule has 1 aliphatic rings. The SMILES string of the molecule is C#CCN(CC1CC1)S(=O)(=O)c1cc(CO)cs1. The van der Waals surface area contributed by atoms with Gasteiger partial charge >= 0.3 is 0 Å². The number of terminal acetylenes is 1. The summed E-state index contributed by atoms with van der Waals surface area (Å²) in [6.07, 6.45) is 7.38. The third-order valence-electron chi connectivity index (χ3n) is 2.83. The van der Waals surface area contributed by atoms with Crippen LogP contribution in [-0.2, 0) is 16.6 Å². The minimum absolute atomic E-state index is 0.102. The molecule has 0 saturated heterocycles. The minimum atomic E-state index is -3.51. The first-order valence-corrected chi connectivity index (χ1v) is 8.01. The van der Waals surface area contributed by atoms with Crippen molar-refractivity contribution in [3.8, 4) is 12.3 Å². The van der Waals surface area contributed by atoms with Gasteiger partial charge in [-0.15, -0.1) is 17.8 Å². The monoisotopic (exact) mass is 285 g/mol. The van der Waals surface area contributed by atoms with Gasteiger partial charge in [0.1, 0.15) is 4.21 Å².